The van der Waals surface area contributed by atoms with E-state index in [2.05, 4.69) is 5.32 Å². The molecule has 0 heterocycles. The standard InChI is InChI=1S/C18H28N2O4.C6H7N/c1-17(2,3)23-15(21)14(20-16(22)24-18(4,5)6)11-12-9-7-8-10-13(12)19;7-6-4-2-1-3-5-6/h7-10,14H,11,19H2,1-6H3,(H,20,22);1-5H,7H2/t14-;/m0./s1. The van der Waals surface area contributed by atoms with E-state index in [9.17, 15) is 9.59 Å². The first-order chi connectivity index (χ1) is 14.3. The van der Waals surface area contributed by atoms with Gasteiger partial charge in [0.1, 0.15) is 17.2 Å². The second-order valence-electron chi connectivity index (χ2n) is 9.05. The lowest BCUT2D eigenvalue weighted by Gasteiger charge is -2.26. The summed E-state index contributed by atoms with van der Waals surface area (Å²) in [5, 5.41) is 2.58. The lowest BCUT2D eigenvalue weighted by atomic mass is 10.0. The van der Waals surface area contributed by atoms with Crippen molar-refractivity contribution in [2.75, 3.05) is 11.5 Å². The summed E-state index contributed by atoms with van der Waals surface area (Å²) in [6.07, 6.45) is -0.450. The van der Waals surface area contributed by atoms with Crippen LogP contribution in [0, 0.1) is 0 Å². The van der Waals surface area contributed by atoms with Gasteiger partial charge in [0.25, 0.3) is 0 Å². The van der Waals surface area contributed by atoms with Gasteiger partial charge in [0, 0.05) is 17.8 Å². The second-order valence-corrected chi connectivity index (χ2v) is 9.05. The molecule has 170 valence electrons. The molecular formula is C24H35N3O4. The molecule has 0 fully saturated rings. The highest BCUT2D eigenvalue weighted by atomic mass is 16.6. The summed E-state index contributed by atoms with van der Waals surface area (Å²) in [7, 11) is 0. The van der Waals surface area contributed by atoms with Crippen molar-refractivity contribution in [3.05, 3.63) is 60.2 Å². The van der Waals surface area contributed by atoms with Crippen LogP contribution in [0.2, 0.25) is 0 Å². The zero-order valence-electron chi connectivity index (χ0n) is 19.3. The third kappa shape index (κ3) is 11.5. The zero-order valence-corrected chi connectivity index (χ0v) is 19.3. The van der Waals surface area contributed by atoms with Crippen molar-refractivity contribution < 1.29 is 19.1 Å². The third-order valence-electron chi connectivity index (χ3n) is 3.66. The van der Waals surface area contributed by atoms with Crippen molar-refractivity contribution >= 4 is 23.4 Å². The van der Waals surface area contributed by atoms with Gasteiger partial charge in [0.05, 0.1) is 0 Å². The van der Waals surface area contributed by atoms with Crippen molar-refractivity contribution in [2.45, 2.75) is 65.2 Å². The number of nitrogens with two attached hydrogens (primary N) is 2. The normalized spacial score (nSPS) is 12.1. The van der Waals surface area contributed by atoms with Crippen molar-refractivity contribution in [1.82, 2.24) is 5.32 Å². The summed E-state index contributed by atoms with van der Waals surface area (Å²) in [6, 6.07) is 15.8. The number of rotatable bonds is 4. The van der Waals surface area contributed by atoms with E-state index >= 15 is 0 Å². The van der Waals surface area contributed by atoms with Crippen LogP contribution in [0.25, 0.3) is 0 Å². The Morgan fingerprint density at radius 2 is 1.35 bits per heavy atom. The molecule has 2 aromatic rings. The Hall–Kier alpha value is -3.22. The van der Waals surface area contributed by atoms with Crippen LogP contribution in [-0.2, 0) is 20.7 Å². The molecule has 1 atom stereocenters. The molecule has 0 spiro atoms. The van der Waals surface area contributed by atoms with Gasteiger partial charge in [0.2, 0.25) is 0 Å². The predicted molar refractivity (Wildman–Crippen MR) is 124 cm³/mol. The second kappa shape index (κ2) is 11.2. The van der Waals surface area contributed by atoms with E-state index in [-0.39, 0.29) is 6.42 Å². The van der Waals surface area contributed by atoms with Crippen LogP contribution in [0.4, 0.5) is 16.2 Å². The summed E-state index contributed by atoms with van der Waals surface area (Å²) in [6.45, 7) is 10.6. The summed E-state index contributed by atoms with van der Waals surface area (Å²) in [4.78, 5) is 24.5. The molecule has 2 rings (SSSR count). The summed E-state index contributed by atoms with van der Waals surface area (Å²) in [5.41, 5.74) is 12.1. The average molecular weight is 430 g/mol. The Bertz CT molecular complexity index is 840. The van der Waals surface area contributed by atoms with Crippen LogP contribution in [0.5, 0.6) is 0 Å². The molecule has 0 unspecified atom stereocenters. The fourth-order valence-electron chi connectivity index (χ4n) is 2.41. The molecule has 0 aromatic heterocycles. The minimum Gasteiger partial charge on any atom is -0.458 e. The van der Waals surface area contributed by atoms with Gasteiger partial charge in [-0.1, -0.05) is 36.4 Å². The Labute approximate surface area is 185 Å². The van der Waals surface area contributed by atoms with Gasteiger partial charge in [-0.2, -0.15) is 0 Å². The molecule has 1 amide bonds. The van der Waals surface area contributed by atoms with E-state index in [0.717, 1.165) is 11.3 Å². The minimum absolute atomic E-state index is 0.223. The molecule has 0 aliphatic heterocycles. The third-order valence-corrected chi connectivity index (χ3v) is 3.66. The molecule has 5 N–H and O–H groups in total. The molecule has 0 aliphatic rings. The number of alkyl carbamates (subject to hydrolysis) is 1. The number of benzene rings is 2. The Morgan fingerprint density at radius 1 is 0.839 bits per heavy atom. The van der Waals surface area contributed by atoms with Crippen LogP contribution in [-0.4, -0.2) is 29.3 Å². The Morgan fingerprint density at radius 3 is 1.81 bits per heavy atom. The molecule has 31 heavy (non-hydrogen) atoms. The highest BCUT2D eigenvalue weighted by molar-refractivity contribution is 5.82. The van der Waals surface area contributed by atoms with Crippen molar-refractivity contribution in [1.29, 1.82) is 0 Å². The monoisotopic (exact) mass is 429 g/mol. The van der Waals surface area contributed by atoms with Crippen LogP contribution in [0.1, 0.15) is 47.1 Å². The first-order valence-corrected chi connectivity index (χ1v) is 10.1. The number of anilines is 2. The number of para-hydroxylation sites is 2. The number of carbonyl (C=O) groups is 2. The summed E-state index contributed by atoms with van der Waals surface area (Å²) < 4.78 is 10.6. The van der Waals surface area contributed by atoms with Gasteiger partial charge in [-0.3, -0.25) is 0 Å². The number of ether oxygens (including phenoxy) is 2. The Kier molecular flexibility index (Phi) is 9.37. The van der Waals surface area contributed by atoms with Crippen LogP contribution < -0.4 is 16.8 Å². The van der Waals surface area contributed by atoms with Gasteiger partial charge in [-0.25, -0.2) is 9.59 Å². The van der Waals surface area contributed by atoms with Crippen LogP contribution in [0.15, 0.2) is 54.6 Å². The number of esters is 1. The molecule has 0 radical (unpaired) electrons. The van der Waals surface area contributed by atoms with Gasteiger partial charge >= 0.3 is 12.1 Å². The Balaban J connectivity index is 0.000000577. The van der Waals surface area contributed by atoms with E-state index in [1.165, 1.54) is 0 Å². The van der Waals surface area contributed by atoms with Crippen molar-refractivity contribution in [3.63, 3.8) is 0 Å². The van der Waals surface area contributed by atoms with Gasteiger partial charge in [-0.15, -0.1) is 0 Å². The van der Waals surface area contributed by atoms with E-state index < -0.39 is 29.3 Å². The molecule has 0 aliphatic carbocycles. The maximum absolute atomic E-state index is 12.4. The highest BCUT2D eigenvalue weighted by Crippen LogP contribution is 2.16. The molecular weight excluding hydrogens is 394 g/mol. The lowest BCUT2D eigenvalue weighted by molar-refractivity contribution is -0.157. The number of nitrogens with one attached hydrogen (secondary N) is 1. The summed E-state index contributed by atoms with van der Waals surface area (Å²) >= 11 is 0. The van der Waals surface area contributed by atoms with Gasteiger partial charge in [-0.05, 0) is 65.3 Å². The molecule has 0 bridgehead atoms. The van der Waals surface area contributed by atoms with Crippen molar-refractivity contribution in [3.8, 4) is 0 Å². The molecule has 0 saturated carbocycles. The van der Waals surface area contributed by atoms with Crippen molar-refractivity contribution in [2.24, 2.45) is 0 Å². The largest absolute Gasteiger partial charge is 0.458 e. The van der Waals surface area contributed by atoms with E-state index in [0.29, 0.717) is 5.69 Å². The smallest absolute Gasteiger partial charge is 0.408 e. The minimum atomic E-state index is -0.885. The lowest BCUT2D eigenvalue weighted by Crippen LogP contribution is -2.47. The average Bonchev–Trinajstić information content (AvgIpc) is 2.61. The fraction of sp³-hybridized carbons (Fsp3) is 0.417. The predicted octanol–water partition coefficient (Wildman–Crippen LogP) is 4.32. The number of amides is 1. The molecule has 7 nitrogen and oxygen atoms in total. The molecule has 7 heteroatoms. The summed E-state index contributed by atoms with van der Waals surface area (Å²) in [5.74, 6) is -0.531. The first kappa shape index (κ1) is 25.8. The highest BCUT2D eigenvalue weighted by Gasteiger charge is 2.29. The number of carbonyl (C=O) groups excluding carboxylic acids is 2. The number of hydrogen-bond donors (Lipinski definition) is 3. The number of hydrogen-bond acceptors (Lipinski definition) is 6. The fourth-order valence-corrected chi connectivity index (χ4v) is 2.41. The maximum Gasteiger partial charge on any atom is 0.408 e. The van der Waals surface area contributed by atoms with Crippen LogP contribution in [0.3, 0.4) is 0 Å². The topological polar surface area (TPSA) is 117 Å². The van der Waals surface area contributed by atoms with E-state index in [1.807, 2.05) is 48.5 Å². The first-order valence-electron chi connectivity index (χ1n) is 10.1. The number of nitrogen functional groups attached to an aromatic ring is 2. The molecule has 2 aromatic carbocycles. The van der Waals surface area contributed by atoms with Gasteiger partial charge in [0.15, 0.2) is 0 Å². The van der Waals surface area contributed by atoms with E-state index in [4.69, 9.17) is 20.9 Å². The van der Waals surface area contributed by atoms with Gasteiger partial charge < -0.3 is 26.3 Å². The zero-order chi connectivity index (χ0) is 23.7. The quantitative estimate of drug-likeness (QED) is 0.492. The van der Waals surface area contributed by atoms with Crippen LogP contribution >= 0.6 is 0 Å². The van der Waals surface area contributed by atoms with E-state index in [1.54, 1.807) is 47.6 Å². The SMILES string of the molecule is CC(C)(C)OC(=O)N[C@@H](Cc1ccccc1N)C(=O)OC(C)(C)C.Nc1ccccc1. The maximum atomic E-state index is 12.4. The molecule has 0 saturated heterocycles.